The van der Waals surface area contributed by atoms with E-state index in [2.05, 4.69) is 15.3 Å². The van der Waals surface area contributed by atoms with Crippen molar-refractivity contribution in [3.63, 3.8) is 0 Å². The average Bonchev–Trinajstić information content (AvgIpc) is 2.52. The second kappa shape index (κ2) is 7.56. The molecule has 1 amide bonds. The molecule has 0 aromatic carbocycles. The van der Waals surface area contributed by atoms with Gasteiger partial charge >= 0.3 is 0 Å². The Kier molecular flexibility index (Phi) is 5.48. The molecule has 7 heteroatoms. The summed E-state index contributed by atoms with van der Waals surface area (Å²) in [4.78, 5) is 31.5. The molecule has 2 rings (SSSR count). The van der Waals surface area contributed by atoms with E-state index in [0.29, 0.717) is 37.6 Å². The van der Waals surface area contributed by atoms with E-state index in [1.807, 2.05) is 6.92 Å². The molecule has 2 aromatic rings. The number of aromatic nitrogens is 2. The zero-order valence-electron chi connectivity index (χ0n) is 12.6. The average molecular weight is 305 g/mol. The summed E-state index contributed by atoms with van der Waals surface area (Å²) in [6.07, 6.45) is 2.08. The Morgan fingerprint density at radius 2 is 2.23 bits per heavy atom. The topological polar surface area (TPSA) is 93.3 Å². The number of fused-ring (bicyclic) bond motifs is 1. The summed E-state index contributed by atoms with van der Waals surface area (Å²) >= 11 is 0. The van der Waals surface area contributed by atoms with E-state index in [1.54, 1.807) is 19.2 Å². The molecule has 0 fully saturated rings. The molecule has 2 aromatic heterocycles. The fraction of sp³-hybridized carbons (Fsp3) is 0.400. The summed E-state index contributed by atoms with van der Waals surface area (Å²) in [5.74, 6) is -0.0685. The molecule has 22 heavy (non-hydrogen) atoms. The zero-order valence-corrected chi connectivity index (χ0v) is 12.6. The summed E-state index contributed by atoms with van der Waals surface area (Å²) in [5, 5.41) is 2.68. The van der Waals surface area contributed by atoms with Crippen molar-refractivity contribution >= 4 is 16.9 Å². The third kappa shape index (κ3) is 3.62. The summed E-state index contributed by atoms with van der Waals surface area (Å²) in [7, 11) is 1.59. The third-order valence-corrected chi connectivity index (χ3v) is 3.05. The molecule has 0 aliphatic heterocycles. The number of nitrogens with one attached hydrogen (secondary N) is 2. The Morgan fingerprint density at radius 1 is 1.41 bits per heavy atom. The Labute approximate surface area is 127 Å². The maximum atomic E-state index is 12.4. The Balaban J connectivity index is 2.25. The Bertz CT molecular complexity index is 711. The van der Waals surface area contributed by atoms with Crippen molar-refractivity contribution in [1.29, 1.82) is 0 Å². The van der Waals surface area contributed by atoms with E-state index in [4.69, 9.17) is 9.47 Å². The molecular weight excluding hydrogens is 286 g/mol. The van der Waals surface area contributed by atoms with Crippen molar-refractivity contribution in [2.75, 3.05) is 26.9 Å². The van der Waals surface area contributed by atoms with Gasteiger partial charge in [0.25, 0.3) is 5.91 Å². The van der Waals surface area contributed by atoms with E-state index in [1.165, 1.54) is 6.20 Å². The number of hydrogen-bond donors (Lipinski definition) is 2. The van der Waals surface area contributed by atoms with Gasteiger partial charge in [-0.05, 0) is 19.4 Å². The molecule has 0 aliphatic carbocycles. The minimum absolute atomic E-state index is 0.0334. The molecule has 0 spiro atoms. The van der Waals surface area contributed by atoms with Gasteiger partial charge in [-0.15, -0.1) is 0 Å². The first-order valence-corrected chi connectivity index (χ1v) is 7.09. The molecule has 0 saturated heterocycles. The van der Waals surface area contributed by atoms with Gasteiger partial charge in [0, 0.05) is 32.5 Å². The fourth-order valence-corrected chi connectivity index (χ4v) is 1.98. The number of ether oxygens (including phenoxy) is 2. The molecule has 0 saturated carbocycles. The highest BCUT2D eigenvalue weighted by Gasteiger charge is 2.14. The maximum absolute atomic E-state index is 12.4. The molecule has 0 bridgehead atoms. The highest BCUT2D eigenvalue weighted by Crippen LogP contribution is 2.12. The van der Waals surface area contributed by atoms with Gasteiger partial charge in [-0.2, -0.15) is 0 Å². The van der Waals surface area contributed by atoms with Gasteiger partial charge in [-0.25, -0.2) is 4.98 Å². The monoisotopic (exact) mass is 305 g/mol. The first-order valence-electron chi connectivity index (χ1n) is 7.09. The lowest BCUT2D eigenvalue weighted by molar-refractivity contribution is 0.0947. The van der Waals surface area contributed by atoms with E-state index in [0.717, 1.165) is 0 Å². The number of rotatable bonds is 7. The molecule has 0 radical (unpaired) electrons. The van der Waals surface area contributed by atoms with Crippen LogP contribution in [0.4, 0.5) is 0 Å². The number of amides is 1. The quantitative estimate of drug-likeness (QED) is 0.747. The van der Waals surface area contributed by atoms with E-state index < -0.39 is 11.3 Å². The molecule has 2 N–H and O–H groups in total. The molecule has 2 heterocycles. The van der Waals surface area contributed by atoms with Crippen molar-refractivity contribution in [2.45, 2.75) is 13.3 Å². The molecular formula is C15H19N3O4. The largest absolute Gasteiger partial charge is 0.478 e. The van der Waals surface area contributed by atoms with Crippen LogP contribution >= 0.6 is 0 Å². The fourth-order valence-electron chi connectivity index (χ4n) is 1.98. The van der Waals surface area contributed by atoms with E-state index in [-0.39, 0.29) is 11.1 Å². The van der Waals surface area contributed by atoms with Gasteiger partial charge in [0.15, 0.2) is 0 Å². The number of nitrogens with zero attached hydrogens (tertiary/aromatic N) is 1. The van der Waals surface area contributed by atoms with Gasteiger partial charge in [0.2, 0.25) is 11.3 Å². The van der Waals surface area contributed by atoms with Crippen LogP contribution in [0, 0.1) is 0 Å². The zero-order chi connectivity index (χ0) is 15.9. The van der Waals surface area contributed by atoms with Crippen LogP contribution in [0.5, 0.6) is 5.88 Å². The Hall–Kier alpha value is -2.41. The second-order valence-electron chi connectivity index (χ2n) is 4.61. The SMILES string of the molecule is CCOc1ccc2[nH]cc(C(=O)NCCCOC)c(=O)c2n1. The van der Waals surface area contributed by atoms with Crippen molar-refractivity contribution in [1.82, 2.24) is 15.3 Å². The van der Waals surface area contributed by atoms with E-state index in [9.17, 15) is 9.59 Å². The van der Waals surface area contributed by atoms with Gasteiger partial charge in [-0.3, -0.25) is 9.59 Å². The van der Waals surface area contributed by atoms with Crippen molar-refractivity contribution in [3.05, 3.63) is 34.1 Å². The van der Waals surface area contributed by atoms with Crippen molar-refractivity contribution < 1.29 is 14.3 Å². The van der Waals surface area contributed by atoms with Crippen LogP contribution in [0.15, 0.2) is 23.1 Å². The smallest absolute Gasteiger partial charge is 0.256 e. The minimum atomic E-state index is -0.428. The van der Waals surface area contributed by atoms with Crippen molar-refractivity contribution in [2.24, 2.45) is 0 Å². The van der Waals surface area contributed by atoms with Crippen LogP contribution in [0.1, 0.15) is 23.7 Å². The molecule has 0 unspecified atom stereocenters. The lowest BCUT2D eigenvalue weighted by Gasteiger charge is -2.06. The van der Waals surface area contributed by atoms with E-state index >= 15 is 0 Å². The number of methoxy groups -OCH3 is 1. The number of carbonyl (C=O) groups is 1. The molecule has 0 aliphatic rings. The minimum Gasteiger partial charge on any atom is -0.478 e. The Morgan fingerprint density at radius 3 is 2.95 bits per heavy atom. The van der Waals surface area contributed by atoms with Gasteiger partial charge in [0.05, 0.1) is 12.1 Å². The van der Waals surface area contributed by atoms with Gasteiger partial charge in [0.1, 0.15) is 11.1 Å². The van der Waals surface area contributed by atoms with Crippen LogP contribution in [0.3, 0.4) is 0 Å². The number of H-pyrrole nitrogens is 1. The second-order valence-corrected chi connectivity index (χ2v) is 4.61. The molecule has 118 valence electrons. The summed E-state index contributed by atoms with van der Waals surface area (Å²) < 4.78 is 10.2. The first-order chi connectivity index (χ1) is 10.7. The summed E-state index contributed by atoms with van der Waals surface area (Å²) in [6.45, 7) is 3.28. The van der Waals surface area contributed by atoms with Crippen LogP contribution in [0.2, 0.25) is 0 Å². The number of carbonyl (C=O) groups excluding carboxylic acids is 1. The number of pyridine rings is 2. The van der Waals surface area contributed by atoms with Crippen LogP contribution < -0.4 is 15.5 Å². The predicted octanol–water partition coefficient (Wildman–Crippen LogP) is 1.09. The maximum Gasteiger partial charge on any atom is 0.256 e. The lowest BCUT2D eigenvalue weighted by atomic mass is 10.2. The summed E-state index contributed by atoms with van der Waals surface area (Å²) in [6, 6.07) is 3.38. The lowest BCUT2D eigenvalue weighted by Crippen LogP contribution is -2.30. The highest BCUT2D eigenvalue weighted by atomic mass is 16.5. The predicted molar refractivity (Wildman–Crippen MR) is 82.4 cm³/mol. The standard InChI is InChI=1S/C15H19N3O4/c1-3-22-12-6-5-11-13(18-12)14(19)10(9-17-11)15(20)16-7-4-8-21-2/h5-6,9H,3-4,7-8H2,1-2H3,(H,16,20)(H,17,19). The number of hydrogen-bond acceptors (Lipinski definition) is 5. The number of aromatic amines is 1. The van der Waals surface area contributed by atoms with Crippen LogP contribution in [-0.2, 0) is 4.74 Å². The van der Waals surface area contributed by atoms with Crippen LogP contribution in [-0.4, -0.2) is 42.7 Å². The molecule has 0 atom stereocenters. The van der Waals surface area contributed by atoms with Gasteiger partial charge in [-0.1, -0.05) is 0 Å². The molecule has 7 nitrogen and oxygen atoms in total. The third-order valence-electron chi connectivity index (χ3n) is 3.05. The van der Waals surface area contributed by atoms with Crippen molar-refractivity contribution in [3.8, 4) is 5.88 Å². The normalized spacial score (nSPS) is 10.6. The van der Waals surface area contributed by atoms with Gasteiger partial charge < -0.3 is 19.8 Å². The first kappa shape index (κ1) is 16.0. The van der Waals surface area contributed by atoms with Crippen LogP contribution in [0.25, 0.3) is 11.0 Å². The highest BCUT2D eigenvalue weighted by molar-refractivity contribution is 5.96. The summed E-state index contributed by atoms with van der Waals surface area (Å²) in [5.41, 5.74) is 0.366.